The smallest absolute Gasteiger partial charge is 0.303 e. The van der Waals surface area contributed by atoms with Gasteiger partial charge in [0, 0.05) is 30.4 Å². The molecule has 1 aliphatic rings. The number of fused-ring (bicyclic) bond motifs is 1. The minimum Gasteiger partial charge on any atom is -0.481 e. The molecule has 0 saturated carbocycles. The molecule has 2 amide bonds. The molecule has 132 valence electrons. The number of likely N-dealkylation sites (tertiary alicyclic amines) is 1. The van der Waals surface area contributed by atoms with E-state index in [0.717, 1.165) is 10.9 Å². The number of hydrogen-bond acceptors (Lipinski definition) is 3. The Balaban J connectivity index is 1.49. The number of aromatic nitrogens is 1. The number of aliphatic carboxylic acids is 1. The molecule has 0 atom stereocenters. The van der Waals surface area contributed by atoms with Crippen LogP contribution in [0.5, 0.6) is 0 Å². The van der Waals surface area contributed by atoms with Gasteiger partial charge < -0.3 is 20.3 Å². The van der Waals surface area contributed by atoms with Gasteiger partial charge in [-0.25, -0.2) is 0 Å². The monoisotopic (exact) mass is 343 g/mol. The fourth-order valence-electron chi connectivity index (χ4n) is 3.19. The van der Waals surface area contributed by atoms with Crippen molar-refractivity contribution in [3.8, 4) is 0 Å². The van der Waals surface area contributed by atoms with Crippen LogP contribution in [0.4, 0.5) is 0 Å². The normalized spacial score (nSPS) is 15.3. The number of para-hydroxylation sites is 1. The fourth-order valence-corrected chi connectivity index (χ4v) is 3.19. The van der Waals surface area contributed by atoms with E-state index in [2.05, 4.69) is 10.3 Å². The summed E-state index contributed by atoms with van der Waals surface area (Å²) in [5.41, 5.74) is 1.30. The van der Waals surface area contributed by atoms with Crippen LogP contribution in [-0.4, -0.2) is 52.4 Å². The first-order valence-corrected chi connectivity index (χ1v) is 8.38. The van der Waals surface area contributed by atoms with Crippen LogP contribution in [0, 0.1) is 5.92 Å². The highest BCUT2D eigenvalue weighted by Gasteiger charge is 2.24. The number of benzene rings is 1. The Hall–Kier alpha value is -2.83. The van der Waals surface area contributed by atoms with Crippen LogP contribution in [0.2, 0.25) is 0 Å². The van der Waals surface area contributed by atoms with Gasteiger partial charge in [-0.05, 0) is 30.9 Å². The fraction of sp³-hybridized carbons (Fsp3) is 0.389. The number of hydrogen-bond donors (Lipinski definition) is 3. The minimum absolute atomic E-state index is 0.0577. The predicted molar refractivity (Wildman–Crippen MR) is 92.2 cm³/mol. The number of carboxylic acid groups (broad SMARTS) is 1. The lowest BCUT2D eigenvalue weighted by molar-refractivity contribution is -0.138. The maximum Gasteiger partial charge on any atom is 0.303 e. The molecule has 1 aromatic heterocycles. The van der Waals surface area contributed by atoms with Gasteiger partial charge in [-0.2, -0.15) is 0 Å². The molecule has 3 N–H and O–H groups in total. The molecule has 2 heterocycles. The van der Waals surface area contributed by atoms with Gasteiger partial charge in [-0.3, -0.25) is 14.4 Å². The third kappa shape index (κ3) is 4.17. The summed E-state index contributed by atoms with van der Waals surface area (Å²) in [4.78, 5) is 39.9. The average molecular weight is 343 g/mol. The van der Waals surface area contributed by atoms with Crippen molar-refractivity contribution in [3.05, 3.63) is 36.0 Å². The molecule has 25 heavy (non-hydrogen) atoms. The Labute approximate surface area is 145 Å². The highest BCUT2D eigenvalue weighted by molar-refractivity contribution is 5.99. The lowest BCUT2D eigenvalue weighted by Crippen LogP contribution is -2.44. The second kappa shape index (κ2) is 7.38. The molecular weight excluding hydrogens is 322 g/mol. The summed E-state index contributed by atoms with van der Waals surface area (Å²) >= 11 is 0. The molecule has 0 bridgehead atoms. The number of carboxylic acids is 1. The zero-order chi connectivity index (χ0) is 17.8. The van der Waals surface area contributed by atoms with Gasteiger partial charge in [0.25, 0.3) is 5.91 Å². The van der Waals surface area contributed by atoms with Crippen molar-refractivity contribution in [1.82, 2.24) is 15.2 Å². The van der Waals surface area contributed by atoms with Crippen molar-refractivity contribution in [2.45, 2.75) is 19.3 Å². The van der Waals surface area contributed by atoms with E-state index < -0.39 is 5.97 Å². The zero-order valence-electron chi connectivity index (χ0n) is 13.8. The van der Waals surface area contributed by atoms with Crippen molar-refractivity contribution in [2.24, 2.45) is 5.92 Å². The third-order valence-corrected chi connectivity index (χ3v) is 4.61. The number of nitrogens with one attached hydrogen (secondary N) is 2. The first-order chi connectivity index (χ1) is 12.0. The molecular formula is C18H21N3O4. The molecule has 2 aromatic rings. The molecule has 1 saturated heterocycles. The standard InChI is InChI=1S/C18H21N3O4/c22-16(21-7-5-12(6-8-21)9-17(23)24)11-19-18(25)15-10-13-3-1-2-4-14(13)20-15/h1-4,10,12,20H,5-9,11H2,(H,19,25)(H,23,24). The quantitative estimate of drug-likeness (QED) is 0.767. The van der Waals surface area contributed by atoms with Gasteiger partial charge in [0.15, 0.2) is 0 Å². The van der Waals surface area contributed by atoms with Gasteiger partial charge >= 0.3 is 5.97 Å². The second-order valence-electron chi connectivity index (χ2n) is 6.37. The van der Waals surface area contributed by atoms with Crippen LogP contribution in [0.1, 0.15) is 29.8 Å². The van der Waals surface area contributed by atoms with Crippen LogP contribution in [0.25, 0.3) is 10.9 Å². The van der Waals surface area contributed by atoms with Crippen LogP contribution in [0.15, 0.2) is 30.3 Å². The van der Waals surface area contributed by atoms with E-state index >= 15 is 0 Å². The maximum atomic E-state index is 12.2. The van der Waals surface area contributed by atoms with Crippen molar-refractivity contribution in [1.29, 1.82) is 0 Å². The Morgan fingerprint density at radius 2 is 1.92 bits per heavy atom. The van der Waals surface area contributed by atoms with Crippen LogP contribution in [0.3, 0.4) is 0 Å². The molecule has 1 fully saturated rings. The lowest BCUT2D eigenvalue weighted by atomic mass is 9.93. The number of carbonyl (C=O) groups excluding carboxylic acids is 2. The number of H-pyrrole nitrogens is 1. The van der Waals surface area contributed by atoms with Crippen molar-refractivity contribution >= 4 is 28.7 Å². The van der Waals surface area contributed by atoms with E-state index in [0.29, 0.717) is 31.6 Å². The summed E-state index contributed by atoms with van der Waals surface area (Å²) in [6.45, 7) is 1.02. The number of piperidine rings is 1. The van der Waals surface area contributed by atoms with Gasteiger partial charge in [0.05, 0.1) is 6.54 Å². The number of amides is 2. The van der Waals surface area contributed by atoms with Crippen molar-refractivity contribution < 1.29 is 19.5 Å². The van der Waals surface area contributed by atoms with Crippen molar-refractivity contribution in [2.75, 3.05) is 19.6 Å². The molecule has 0 radical (unpaired) electrons. The first-order valence-electron chi connectivity index (χ1n) is 8.38. The van der Waals surface area contributed by atoms with E-state index in [4.69, 9.17) is 5.11 Å². The molecule has 1 aliphatic heterocycles. The van der Waals surface area contributed by atoms with Crippen LogP contribution in [-0.2, 0) is 9.59 Å². The Kier molecular flexibility index (Phi) is 5.02. The number of rotatable bonds is 5. The SMILES string of the molecule is O=C(O)CC1CCN(C(=O)CNC(=O)c2cc3ccccc3[nH]2)CC1. The molecule has 0 unspecified atom stereocenters. The van der Waals surface area contributed by atoms with E-state index in [1.807, 2.05) is 24.3 Å². The summed E-state index contributed by atoms with van der Waals surface area (Å²) in [7, 11) is 0. The third-order valence-electron chi connectivity index (χ3n) is 4.61. The Morgan fingerprint density at radius 1 is 1.20 bits per heavy atom. The Morgan fingerprint density at radius 3 is 2.60 bits per heavy atom. The number of aromatic amines is 1. The topological polar surface area (TPSA) is 102 Å². The molecule has 7 heteroatoms. The Bertz CT molecular complexity index is 757. The van der Waals surface area contributed by atoms with Crippen molar-refractivity contribution in [3.63, 3.8) is 0 Å². The summed E-state index contributed by atoms with van der Waals surface area (Å²) in [6.07, 6.45) is 1.53. The van der Waals surface area contributed by atoms with Crippen LogP contribution >= 0.6 is 0 Å². The second-order valence-corrected chi connectivity index (χ2v) is 6.37. The summed E-state index contributed by atoms with van der Waals surface area (Å²) in [5, 5.41) is 12.4. The largest absolute Gasteiger partial charge is 0.481 e. The molecule has 1 aromatic carbocycles. The maximum absolute atomic E-state index is 12.2. The van der Waals surface area contributed by atoms with Gasteiger partial charge in [-0.15, -0.1) is 0 Å². The van der Waals surface area contributed by atoms with E-state index in [1.54, 1.807) is 11.0 Å². The summed E-state index contributed by atoms with van der Waals surface area (Å²) < 4.78 is 0. The predicted octanol–water partition coefficient (Wildman–Crippen LogP) is 1.61. The average Bonchev–Trinajstić information content (AvgIpc) is 3.03. The van der Waals surface area contributed by atoms with E-state index in [-0.39, 0.29) is 30.7 Å². The number of carbonyl (C=O) groups is 3. The van der Waals surface area contributed by atoms with Gasteiger partial charge in [0.2, 0.25) is 5.91 Å². The molecule has 3 rings (SSSR count). The van der Waals surface area contributed by atoms with Gasteiger partial charge in [0.1, 0.15) is 5.69 Å². The lowest BCUT2D eigenvalue weighted by Gasteiger charge is -2.31. The minimum atomic E-state index is -0.796. The first kappa shape index (κ1) is 17.0. The highest BCUT2D eigenvalue weighted by Crippen LogP contribution is 2.20. The number of nitrogens with zero attached hydrogens (tertiary/aromatic N) is 1. The summed E-state index contributed by atoms with van der Waals surface area (Å²) in [6, 6.07) is 9.34. The summed E-state index contributed by atoms with van der Waals surface area (Å²) in [5.74, 6) is -1.12. The highest BCUT2D eigenvalue weighted by atomic mass is 16.4. The van der Waals surface area contributed by atoms with Gasteiger partial charge in [-0.1, -0.05) is 18.2 Å². The van der Waals surface area contributed by atoms with Crippen LogP contribution < -0.4 is 5.32 Å². The van der Waals surface area contributed by atoms with E-state index in [9.17, 15) is 14.4 Å². The van der Waals surface area contributed by atoms with E-state index in [1.165, 1.54) is 0 Å². The zero-order valence-corrected chi connectivity index (χ0v) is 13.8. The molecule has 7 nitrogen and oxygen atoms in total. The molecule has 0 spiro atoms. The molecule has 0 aliphatic carbocycles.